The first-order valence-corrected chi connectivity index (χ1v) is 8.60. The number of rotatable bonds is 7. The Kier molecular flexibility index (Phi) is 5.73. The lowest BCUT2D eigenvalue weighted by Crippen LogP contribution is -2.07. The number of hydrogen-bond donors (Lipinski definition) is 1. The molecule has 9 heteroatoms. The zero-order valence-corrected chi connectivity index (χ0v) is 16.0. The summed E-state index contributed by atoms with van der Waals surface area (Å²) in [6.45, 7) is 3.99. The first-order chi connectivity index (χ1) is 13.5. The highest BCUT2D eigenvalue weighted by Gasteiger charge is 2.15. The molecule has 1 aromatic carbocycles. The van der Waals surface area contributed by atoms with E-state index in [2.05, 4.69) is 20.6 Å². The third-order valence-corrected chi connectivity index (χ3v) is 3.87. The van der Waals surface area contributed by atoms with Gasteiger partial charge in [0.1, 0.15) is 5.69 Å². The fraction of sp³-hybridized carbons (Fsp3) is 0.263. The van der Waals surface area contributed by atoms with Crippen LogP contribution in [0.2, 0.25) is 0 Å². The van der Waals surface area contributed by atoms with E-state index < -0.39 is 5.91 Å². The number of nitrogens with zero attached hydrogens (tertiary/aromatic N) is 4. The summed E-state index contributed by atoms with van der Waals surface area (Å²) in [5, 5.41) is 14.6. The van der Waals surface area contributed by atoms with Crippen molar-refractivity contribution in [2.24, 2.45) is 0 Å². The maximum atomic E-state index is 12.1. The van der Waals surface area contributed by atoms with E-state index >= 15 is 0 Å². The van der Waals surface area contributed by atoms with Gasteiger partial charge in [-0.1, -0.05) is 11.2 Å². The van der Waals surface area contributed by atoms with Crippen molar-refractivity contribution in [1.82, 2.24) is 20.0 Å². The van der Waals surface area contributed by atoms with Gasteiger partial charge in [0.2, 0.25) is 0 Å². The maximum Gasteiger partial charge on any atom is 0.322 e. The highest BCUT2D eigenvalue weighted by molar-refractivity contribution is 6.00. The van der Waals surface area contributed by atoms with Crippen LogP contribution in [-0.2, 0) is 4.79 Å². The fourth-order valence-electron chi connectivity index (χ4n) is 2.55. The van der Waals surface area contributed by atoms with Crippen LogP contribution in [0.5, 0.6) is 11.5 Å². The second-order valence-corrected chi connectivity index (χ2v) is 6.10. The lowest BCUT2D eigenvalue weighted by Gasteiger charge is -2.07. The summed E-state index contributed by atoms with van der Waals surface area (Å²) in [6, 6.07) is 7.26. The highest BCUT2D eigenvalue weighted by Crippen LogP contribution is 2.28. The molecular weight excluding hydrogens is 362 g/mol. The zero-order valence-electron chi connectivity index (χ0n) is 16.0. The van der Waals surface area contributed by atoms with Gasteiger partial charge in [0.15, 0.2) is 11.5 Å². The second kappa shape index (κ2) is 8.38. The summed E-state index contributed by atoms with van der Waals surface area (Å²) in [7, 11) is 3.12. The number of methoxy groups -OCH3 is 2. The smallest absolute Gasteiger partial charge is 0.322 e. The summed E-state index contributed by atoms with van der Waals surface area (Å²) < 4.78 is 17.7. The van der Waals surface area contributed by atoms with E-state index in [1.54, 1.807) is 49.4 Å². The molecule has 0 unspecified atom stereocenters. The molecule has 0 radical (unpaired) electrons. The van der Waals surface area contributed by atoms with E-state index in [9.17, 15) is 4.79 Å². The van der Waals surface area contributed by atoms with Gasteiger partial charge in [0, 0.05) is 18.3 Å². The number of nitrogens with one attached hydrogen (secondary N) is 1. The van der Waals surface area contributed by atoms with Gasteiger partial charge in [-0.2, -0.15) is 5.10 Å². The Morgan fingerprint density at radius 1 is 1.18 bits per heavy atom. The van der Waals surface area contributed by atoms with Gasteiger partial charge in [0.25, 0.3) is 11.8 Å². The normalized spacial score (nSPS) is 11.2. The molecule has 0 aliphatic carbocycles. The topological polar surface area (TPSA) is 104 Å². The summed E-state index contributed by atoms with van der Waals surface area (Å²) in [6.07, 6.45) is 4.66. The Hall–Kier alpha value is -3.62. The Balaban J connectivity index is 1.68. The first kappa shape index (κ1) is 19.2. The molecule has 0 saturated carbocycles. The molecule has 0 saturated heterocycles. The predicted molar refractivity (Wildman–Crippen MR) is 103 cm³/mol. The van der Waals surface area contributed by atoms with Crippen molar-refractivity contribution in [3.05, 3.63) is 42.1 Å². The molecule has 0 fully saturated rings. The molecule has 0 bridgehead atoms. The number of benzene rings is 1. The third kappa shape index (κ3) is 4.20. The molecule has 0 aliphatic rings. The van der Waals surface area contributed by atoms with Crippen molar-refractivity contribution in [2.75, 3.05) is 19.5 Å². The van der Waals surface area contributed by atoms with Crippen molar-refractivity contribution >= 4 is 18.0 Å². The number of hydrogen-bond acceptors (Lipinski definition) is 7. The van der Waals surface area contributed by atoms with Crippen molar-refractivity contribution in [3.8, 4) is 23.1 Å². The van der Waals surface area contributed by atoms with Crippen LogP contribution in [0.1, 0.15) is 25.5 Å². The van der Waals surface area contributed by atoms with E-state index in [1.807, 2.05) is 19.9 Å². The van der Waals surface area contributed by atoms with E-state index in [4.69, 9.17) is 13.9 Å². The minimum atomic E-state index is -0.401. The van der Waals surface area contributed by atoms with Crippen molar-refractivity contribution in [3.63, 3.8) is 0 Å². The van der Waals surface area contributed by atoms with Gasteiger partial charge >= 0.3 is 6.01 Å². The number of anilines is 1. The lowest BCUT2D eigenvalue weighted by atomic mass is 10.2. The Morgan fingerprint density at radius 3 is 2.68 bits per heavy atom. The monoisotopic (exact) mass is 383 g/mol. The van der Waals surface area contributed by atoms with Crippen LogP contribution >= 0.6 is 0 Å². The van der Waals surface area contributed by atoms with Crippen LogP contribution in [0, 0.1) is 0 Å². The Bertz CT molecular complexity index is 990. The van der Waals surface area contributed by atoms with E-state index in [1.165, 1.54) is 6.08 Å². The number of ether oxygens (including phenoxy) is 2. The average molecular weight is 383 g/mol. The summed E-state index contributed by atoms with van der Waals surface area (Å²) in [5.41, 5.74) is 1.46. The van der Waals surface area contributed by atoms with Crippen LogP contribution in [0.15, 0.2) is 41.0 Å². The minimum Gasteiger partial charge on any atom is -0.493 e. The van der Waals surface area contributed by atoms with Gasteiger partial charge < -0.3 is 13.9 Å². The van der Waals surface area contributed by atoms with Crippen molar-refractivity contribution in [2.45, 2.75) is 19.9 Å². The van der Waals surface area contributed by atoms with Crippen molar-refractivity contribution < 1.29 is 18.7 Å². The summed E-state index contributed by atoms with van der Waals surface area (Å²) in [4.78, 5) is 12.1. The maximum absolute atomic E-state index is 12.1. The standard InChI is InChI=1S/C19H21N5O4/c1-12(2)24-14(9-10-20-24)18-22-23-19(28-18)21-17(25)8-6-13-5-7-15(26-3)16(11-13)27-4/h5-12H,1-4H3,(H,21,23,25)/b8-6-. The van der Waals surface area contributed by atoms with Crippen LogP contribution in [0.4, 0.5) is 6.01 Å². The molecule has 2 heterocycles. The Morgan fingerprint density at radius 2 is 1.96 bits per heavy atom. The third-order valence-electron chi connectivity index (χ3n) is 3.87. The predicted octanol–water partition coefficient (Wildman–Crippen LogP) is 3.18. The lowest BCUT2D eigenvalue weighted by molar-refractivity contribution is -0.112. The molecule has 0 atom stereocenters. The minimum absolute atomic E-state index is 0.00784. The molecule has 28 heavy (non-hydrogen) atoms. The van der Waals surface area contributed by atoms with Gasteiger partial charge in [-0.25, -0.2) is 0 Å². The number of amides is 1. The van der Waals surface area contributed by atoms with Crippen LogP contribution in [-0.4, -0.2) is 40.1 Å². The fourth-order valence-corrected chi connectivity index (χ4v) is 2.55. The largest absolute Gasteiger partial charge is 0.493 e. The molecule has 0 spiro atoms. The first-order valence-electron chi connectivity index (χ1n) is 8.60. The van der Waals surface area contributed by atoms with Gasteiger partial charge in [-0.05, 0) is 43.7 Å². The molecular formula is C19H21N5O4. The molecule has 146 valence electrons. The van der Waals surface area contributed by atoms with Gasteiger partial charge in [-0.15, -0.1) is 5.10 Å². The van der Waals surface area contributed by atoms with Crippen LogP contribution in [0.25, 0.3) is 17.7 Å². The molecule has 1 N–H and O–H groups in total. The van der Waals surface area contributed by atoms with E-state index in [-0.39, 0.29) is 17.9 Å². The number of aromatic nitrogens is 4. The average Bonchev–Trinajstić information content (AvgIpc) is 3.35. The molecule has 3 aromatic rings. The summed E-state index contributed by atoms with van der Waals surface area (Å²) in [5.74, 6) is 1.07. The molecule has 3 rings (SSSR count). The molecule has 1 amide bonds. The zero-order chi connectivity index (χ0) is 20.1. The number of carbonyl (C=O) groups is 1. The molecule has 2 aromatic heterocycles. The van der Waals surface area contributed by atoms with Crippen LogP contribution in [0.3, 0.4) is 0 Å². The van der Waals surface area contributed by atoms with E-state index in [0.29, 0.717) is 17.2 Å². The van der Waals surface area contributed by atoms with E-state index in [0.717, 1.165) is 5.56 Å². The van der Waals surface area contributed by atoms with Gasteiger partial charge in [0.05, 0.1) is 14.2 Å². The van der Waals surface area contributed by atoms with Crippen LogP contribution < -0.4 is 14.8 Å². The number of carbonyl (C=O) groups excluding carboxylic acids is 1. The summed E-state index contributed by atoms with van der Waals surface area (Å²) >= 11 is 0. The second-order valence-electron chi connectivity index (χ2n) is 6.10. The Labute approximate surface area is 162 Å². The SMILES string of the molecule is COc1ccc(/C=C\C(=O)Nc2nnc(-c3ccnn3C(C)C)o2)cc1OC. The molecule has 0 aliphatic heterocycles. The molecule has 9 nitrogen and oxygen atoms in total. The van der Waals surface area contributed by atoms with Gasteiger partial charge in [-0.3, -0.25) is 14.8 Å². The quantitative estimate of drug-likeness (QED) is 0.625. The highest BCUT2D eigenvalue weighted by atomic mass is 16.5. The van der Waals surface area contributed by atoms with Crippen molar-refractivity contribution in [1.29, 1.82) is 0 Å².